The van der Waals surface area contributed by atoms with Crippen LogP contribution in [0.15, 0.2) is 31.0 Å². The Hall–Kier alpha value is -2.49. The molecule has 1 aliphatic carbocycles. The molecule has 6 rings (SSSR count). The Morgan fingerprint density at radius 3 is 2.87 bits per heavy atom. The van der Waals surface area contributed by atoms with E-state index >= 15 is 0 Å². The van der Waals surface area contributed by atoms with Crippen molar-refractivity contribution in [1.29, 1.82) is 0 Å². The SMILES string of the molecule is CC1(C)O[C@@H]2[C@H](O1)[C@@H](c1cnn(C3CCCCO3)c1)C[C@H]2n1ccc2c(N)ncnc21. The van der Waals surface area contributed by atoms with Gasteiger partial charge in [-0.2, -0.15) is 5.10 Å². The maximum absolute atomic E-state index is 6.40. The molecule has 0 amide bonds. The summed E-state index contributed by atoms with van der Waals surface area (Å²) in [6, 6.07) is 2.06. The predicted octanol–water partition coefficient (Wildman–Crippen LogP) is 3.16. The number of hydrogen-bond donors (Lipinski definition) is 1. The molecule has 3 aromatic rings. The average Bonchev–Trinajstić information content (AvgIpc) is 3.51. The van der Waals surface area contributed by atoms with Gasteiger partial charge in [0.15, 0.2) is 5.79 Å². The quantitative estimate of drug-likeness (QED) is 0.689. The summed E-state index contributed by atoms with van der Waals surface area (Å²) >= 11 is 0. The van der Waals surface area contributed by atoms with Gasteiger partial charge < -0.3 is 24.5 Å². The van der Waals surface area contributed by atoms with Crippen LogP contribution in [0.4, 0.5) is 5.82 Å². The van der Waals surface area contributed by atoms with Gasteiger partial charge in [-0.05, 0) is 51.2 Å². The maximum Gasteiger partial charge on any atom is 0.163 e. The third-order valence-corrected chi connectivity index (χ3v) is 6.83. The van der Waals surface area contributed by atoms with Crippen molar-refractivity contribution in [3.8, 4) is 0 Å². The molecule has 9 nitrogen and oxygen atoms in total. The molecule has 0 spiro atoms. The fourth-order valence-corrected chi connectivity index (χ4v) is 5.44. The van der Waals surface area contributed by atoms with Crippen LogP contribution < -0.4 is 5.73 Å². The zero-order valence-electron chi connectivity index (χ0n) is 17.8. The summed E-state index contributed by atoms with van der Waals surface area (Å²) in [6.45, 7) is 4.76. The first-order valence-corrected chi connectivity index (χ1v) is 11.1. The fraction of sp³-hybridized carbons (Fsp3) is 0.591. The normalized spacial score (nSPS) is 32.5. The molecule has 3 aromatic heterocycles. The van der Waals surface area contributed by atoms with E-state index in [1.807, 2.05) is 37.0 Å². The number of fused-ring (bicyclic) bond motifs is 2. The van der Waals surface area contributed by atoms with Crippen LogP contribution in [0.2, 0.25) is 0 Å². The minimum absolute atomic E-state index is 0.0285. The van der Waals surface area contributed by atoms with Gasteiger partial charge in [0, 0.05) is 24.9 Å². The molecule has 9 heteroatoms. The van der Waals surface area contributed by atoms with Crippen molar-refractivity contribution >= 4 is 16.9 Å². The second-order valence-electron chi connectivity index (χ2n) is 9.27. The Labute approximate surface area is 180 Å². The largest absolute Gasteiger partial charge is 0.383 e. The van der Waals surface area contributed by atoms with Crippen LogP contribution in [-0.4, -0.2) is 48.9 Å². The number of aromatic nitrogens is 5. The monoisotopic (exact) mass is 424 g/mol. The van der Waals surface area contributed by atoms with E-state index in [-0.39, 0.29) is 30.4 Å². The molecule has 1 unspecified atom stereocenters. The van der Waals surface area contributed by atoms with E-state index in [0.717, 1.165) is 36.9 Å². The second-order valence-corrected chi connectivity index (χ2v) is 9.27. The van der Waals surface area contributed by atoms with E-state index < -0.39 is 5.79 Å². The van der Waals surface area contributed by atoms with E-state index in [1.54, 1.807) is 0 Å². The third kappa shape index (κ3) is 3.14. The number of hydrogen-bond acceptors (Lipinski definition) is 7. The third-order valence-electron chi connectivity index (χ3n) is 6.83. The predicted molar refractivity (Wildman–Crippen MR) is 113 cm³/mol. The van der Waals surface area contributed by atoms with Gasteiger partial charge >= 0.3 is 0 Å². The van der Waals surface area contributed by atoms with Gasteiger partial charge in [0.25, 0.3) is 0 Å². The van der Waals surface area contributed by atoms with Gasteiger partial charge in [0.2, 0.25) is 0 Å². The molecular formula is C22H28N6O3. The zero-order valence-corrected chi connectivity index (χ0v) is 17.8. The van der Waals surface area contributed by atoms with Gasteiger partial charge in [-0.25, -0.2) is 14.6 Å². The molecule has 1 saturated carbocycles. The standard InChI is InChI=1S/C22H28N6O3/c1-22(2)30-18-15(13-10-26-28(11-13)17-5-3-4-8-29-17)9-16(19(18)31-22)27-7-6-14-20(23)24-12-25-21(14)27/h6-7,10-12,15-19H,3-5,8-9H2,1-2H3,(H2,23,24,25)/t15-,16-,17?,18-,19+/m1/s1. The van der Waals surface area contributed by atoms with Crippen molar-refractivity contribution in [2.45, 2.75) is 75.7 Å². The highest BCUT2D eigenvalue weighted by molar-refractivity contribution is 5.86. The molecule has 3 fully saturated rings. The Morgan fingerprint density at radius 2 is 2.03 bits per heavy atom. The topological polar surface area (TPSA) is 102 Å². The summed E-state index contributed by atoms with van der Waals surface area (Å²) in [4.78, 5) is 8.62. The van der Waals surface area contributed by atoms with Crippen LogP contribution in [0.3, 0.4) is 0 Å². The van der Waals surface area contributed by atoms with E-state index in [4.69, 9.17) is 19.9 Å². The van der Waals surface area contributed by atoms with Crippen LogP contribution in [0.25, 0.3) is 11.0 Å². The molecule has 2 aliphatic heterocycles. The second kappa shape index (κ2) is 7.01. The number of ether oxygens (including phenoxy) is 3. The van der Waals surface area contributed by atoms with E-state index in [9.17, 15) is 0 Å². The average molecular weight is 425 g/mol. The molecular weight excluding hydrogens is 396 g/mol. The Kier molecular flexibility index (Phi) is 4.35. The Balaban J connectivity index is 1.35. The van der Waals surface area contributed by atoms with Gasteiger partial charge in [-0.1, -0.05) is 0 Å². The van der Waals surface area contributed by atoms with Crippen molar-refractivity contribution in [2.24, 2.45) is 0 Å². The van der Waals surface area contributed by atoms with Crippen LogP contribution in [0.1, 0.15) is 63.3 Å². The molecule has 0 aromatic carbocycles. The summed E-state index contributed by atoms with van der Waals surface area (Å²) < 4.78 is 22.8. The molecule has 2 N–H and O–H groups in total. The molecule has 164 valence electrons. The number of anilines is 1. The lowest BCUT2D eigenvalue weighted by Gasteiger charge is -2.24. The minimum atomic E-state index is -0.633. The van der Waals surface area contributed by atoms with Crippen LogP contribution in [-0.2, 0) is 14.2 Å². The summed E-state index contributed by atoms with van der Waals surface area (Å²) in [5, 5.41) is 5.50. The number of nitrogens with zero attached hydrogens (tertiary/aromatic N) is 5. The van der Waals surface area contributed by atoms with Crippen molar-refractivity contribution in [2.75, 3.05) is 12.3 Å². The summed E-state index contributed by atoms with van der Waals surface area (Å²) in [5.41, 5.74) is 8.06. The Morgan fingerprint density at radius 1 is 1.16 bits per heavy atom. The van der Waals surface area contributed by atoms with Crippen molar-refractivity contribution in [3.63, 3.8) is 0 Å². The lowest BCUT2D eigenvalue weighted by atomic mass is 9.98. The molecule has 5 heterocycles. The molecule has 2 saturated heterocycles. The first-order valence-electron chi connectivity index (χ1n) is 11.1. The molecule has 31 heavy (non-hydrogen) atoms. The zero-order chi connectivity index (χ0) is 21.2. The first-order chi connectivity index (χ1) is 15.0. The Bertz CT molecular complexity index is 1100. The summed E-state index contributed by atoms with van der Waals surface area (Å²) in [5.74, 6) is 0.0318. The molecule has 0 bridgehead atoms. The highest BCUT2D eigenvalue weighted by Crippen LogP contribution is 2.51. The smallest absolute Gasteiger partial charge is 0.163 e. The molecule has 3 aliphatic rings. The summed E-state index contributed by atoms with van der Waals surface area (Å²) in [7, 11) is 0. The highest BCUT2D eigenvalue weighted by Gasteiger charge is 2.55. The van der Waals surface area contributed by atoms with E-state index in [2.05, 4.69) is 25.8 Å². The van der Waals surface area contributed by atoms with Gasteiger partial charge in [0.1, 0.15) is 30.1 Å². The van der Waals surface area contributed by atoms with Gasteiger partial charge in [-0.15, -0.1) is 0 Å². The lowest BCUT2D eigenvalue weighted by molar-refractivity contribution is -0.157. The molecule has 5 atom stereocenters. The van der Waals surface area contributed by atoms with Crippen molar-refractivity contribution < 1.29 is 14.2 Å². The van der Waals surface area contributed by atoms with Crippen molar-refractivity contribution in [1.82, 2.24) is 24.3 Å². The fourth-order valence-electron chi connectivity index (χ4n) is 5.44. The summed E-state index contributed by atoms with van der Waals surface area (Å²) in [6.07, 6.45) is 11.7. The van der Waals surface area contributed by atoms with Crippen LogP contribution >= 0.6 is 0 Å². The number of rotatable bonds is 3. The molecule has 0 radical (unpaired) electrons. The van der Waals surface area contributed by atoms with E-state index in [0.29, 0.717) is 5.82 Å². The lowest BCUT2D eigenvalue weighted by Crippen LogP contribution is -2.27. The van der Waals surface area contributed by atoms with Gasteiger partial charge in [0.05, 0.1) is 23.7 Å². The first kappa shape index (κ1) is 19.2. The highest BCUT2D eigenvalue weighted by atomic mass is 16.8. The van der Waals surface area contributed by atoms with E-state index in [1.165, 1.54) is 18.3 Å². The van der Waals surface area contributed by atoms with Crippen molar-refractivity contribution in [3.05, 3.63) is 36.5 Å². The van der Waals surface area contributed by atoms with Crippen LogP contribution in [0, 0.1) is 0 Å². The maximum atomic E-state index is 6.40. The van der Waals surface area contributed by atoms with Gasteiger partial charge in [-0.3, -0.25) is 0 Å². The number of nitrogens with two attached hydrogens (primary N) is 1. The van der Waals surface area contributed by atoms with Crippen LogP contribution in [0.5, 0.6) is 0 Å². The minimum Gasteiger partial charge on any atom is -0.383 e. The number of nitrogen functional groups attached to an aromatic ring is 1.